The SMILES string of the molecule is CC1SCC(C(=O)O)N1C(=O)Cc1ccccc1[N+](=O)[O-]. The van der Waals surface area contributed by atoms with Crippen LogP contribution in [-0.2, 0) is 16.0 Å². The molecule has 8 heteroatoms. The maximum atomic E-state index is 12.3. The number of thioether (sulfide) groups is 1. The van der Waals surface area contributed by atoms with E-state index >= 15 is 0 Å². The molecule has 0 bridgehead atoms. The van der Waals surface area contributed by atoms with Gasteiger partial charge in [0.2, 0.25) is 5.91 Å². The number of rotatable bonds is 4. The molecule has 112 valence electrons. The molecule has 1 N–H and O–H groups in total. The van der Waals surface area contributed by atoms with Crippen molar-refractivity contribution in [2.45, 2.75) is 24.8 Å². The van der Waals surface area contributed by atoms with Crippen LogP contribution < -0.4 is 0 Å². The van der Waals surface area contributed by atoms with Gasteiger partial charge in [0.15, 0.2) is 0 Å². The van der Waals surface area contributed by atoms with Crippen molar-refractivity contribution < 1.29 is 19.6 Å². The smallest absolute Gasteiger partial charge is 0.327 e. The Balaban J connectivity index is 2.22. The molecule has 2 atom stereocenters. The number of nitro benzene ring substituents is 1. The molecule has 21 heavy (non-hydrogen) atoms. The monoisotopic (exact) mass is 310 g/mol. The van der Waals surface area contributed by atoms with E-state index in [4.69, 9.17) is 5.11 Å². The van der Waals surface area contributed by atoms with Gasteiger partial charge in [-0.1, -0.05) is 18.2 Å². The highest BCUT2D eigenvalue weighted by Crippen LogP contribution is 2.30. The van der Waals surface area contributed by atoms with Crippen LogP contribution in [0.4, 0.5) is 5.69 Å². The zero-order valence-electron chi connectivity index (χ0n) is 11.3. The second-order valence-electron chi connectivity index (χ2n) is 4.65. The summed E-state index contributed by atoms with van der Waals surface area (Å²) in [5.74, 6) is -1.13. The summed E-state index contributed by atoms with van der Waals surface area (Å²) >= 11 is 1.38. The van der Waals surface area contributed by atoms with Gasteiger partial charge in [-0.3, -0.25) is 14.9 Å². The van der Waals surface area contributed by atoms with Gasteiger partial charge in [-0.05, 0) is 6.92 Å². The van der Waals surface area contributed by atoms with Crippen molar-refractivity contribution in [2.24, 2.45) is 0 Å². The van der Waals surface area contributed by atoms with Crippen LogP contribution in [0.15, 0.2) is 24.3 Å². The molecule has 1 amide bonds. The highest BCUT2D eigenvalue weighted by Gasteiger charge is 2.39. The van der Waals surface area contributed by atoms with Crippen molar-refractivity contribution in [3.8, 4) is 0 Å². The fourth-order valence-corrected chi connectivity index (χ4v) is 3.49. The number of amides is 1. The maximum Gasteiger partial charge on any atom is 0.327 e. The number of benzene rings is 1. The summed E-state index contributed by atoms with van der Waals surface area (Å²) in [4.78, 5) is 35.2. The predicted octanol–water partition coefficient (Wildman–Crippen LogP) is 1.51. The minimum atomic E-state index is -1.05. The third-order valence-corrected chi connectivity index (χ3v) is 4.54. The number of carboxylic acid groups (broad SMARTS) is 1. The third-order valence-electron chi connectivity index (χ3n) is 3.33. The number of carbonyl (C=O) groups is 2. The van der Waals surface area contributed by atoms with Crippen LogP contribution in [0.5, 0.6) is 0 Å². The summed E-state index contributed by atoms with van der Waals surface area (Å²) in [5, 5.41) is 19.8. The summed E-state index contributed by atoms with van der Waals surface area (Å²) in [6.07, 6.45) is -0.175. The first-order chi connectivity index (χ1) is 9.91. The number of hydrogen-bond acceptors (Lipinski definition) is 5. The van der Waals surface area contributed by atoms with Crippen molar-refractivity contribution in [1.29, 1.82) is 0 Å². The number of carbonyl (C=O) groups excluding carboxylic acids is 1. The van der Waals surface area contributed by atoms with E-state index in [0.717, 1.165) is 0 Å². The van der Waals surface area contributed by atoms with Crippen LogP contribution in [0.25, 0.3) is 0 Å². The quantitative estimate of drug-likeness (QED) is 0.668. The molecule has 1 saturated heterocycles. The molecule has 0 aliphatic carbocycles. The average molecular weight is 310 g/mol. The van der Waals surface area contributed by atoms with Crippen LogP contribution in [0, 0.1) is 10.1 Å². The number of nitro groups is 1. The summed E-state index contributed by atoms with van der Waals surface area (Å²) in [7, 11) is 0. The van der Waals surface area contributed by atoms with E-state index in [2.05, 4.69) is 0 Å². The lowest BCUT2D eigenvalue weighted by molar-refractivity contribution is -0.385. The topological polar surface area (TPSA) is 101 Å². The Morgan fingerprint density at radius 3 is 2.76 bits per heavy atom. The fourth-order valence-electron chi connectivity index (χ4n) is 2.30. The van der Waals surface area contributed by atoms with Crippen molar-refractivity contribution in [2.75, 3.05) is 5.75 Å². The van der Waals surface area contributed by atoms with Crippen LogP contribution in [0.2, 0.25) is 0 Å². The fraction of sp³-hybridized carbons (Fsp3) is 0.385. The van der Waals surface area contributed by atoms with Gasteiger partial charge in [0.25, 0.3) is 5.69 Å². The van der Waals surface area contributed by atoms with Gasteiger partial charge in [-0.15, -0.1) is 11.8 Å². The molecule has 0 spiro atoms. The zero-order valence-corrected chi connectivity index (χ0v) is 12.1. The summed E-state index contributed by atoms with van der Waals surface area (Å²) < 4.78 is 0. The predicted molar refractivity (Wildman–Crippen MR) is 77.0 cm³/mol. The van der Waals surface area contributed by atoms with Gasteiger partial charge in [0.05, 0.1) is 16.7 Å². The van der Waals surface area contributed by atoms with E-state index in [1.807, 2.05) is 0 Å². The van der Waals surface area contributed by atoms with E-state index in [1.54, 1.807) is 13.0 Å². The van der Waals surface area contributed by atoms with Crippen molar-refractivity contribution in [1.82, 2.24) is 4.90 Å². The van der Waals surface area contributed by atoms with Crippen molar-refractivity contribution >= 4 is 29.3 Å². The van der Waals surface area contributed by atoms with Crippen LogP contribution in [0.3, 0.4) is 0 Å². The van der Waals surface area contributed by atoms with Gasteiger partial charge in [-0.25, -0.2) is 4.79 Å². The Morgan fingerprint density at radius 2 is 2.14 bits per heavy atom. The zero-order chi connectivity index (χ0) is 15.6. The molecule has 7 nitrogen and oxygen atoms in total. The highest BCUT2D eigenvalue weighted by molar-refractivity contribution is 8.00. The molecule has 0 aromatic heterocycles. The first-order valence-corrected chi connectivity index (χ1v) is 7.34. The summed E-state index contributed by atoms with van der Waals surface area (Å²) in [6.45, 7) is 1.75. The molecule has 1 aliphatic rings. The van der Waals surface area contributed by atoms with E-state index in [9.17, 15) is 19.7 Å². The van der Waals surface area contributed by atoms with Gasteiger partial charge in [-0.2, -0.15) is 0 Å². The van der Waals surface area contributed by atoms with Crippen molar-refractivity contribution in [3.63, 3.8) is 0 Å². The first-order valence-electron chi connectivity index (χ1n) is 6.29. The van der Waals surface area contributed by atoms with Gasteiger partial charge in [0, 0.05) is 17.4 Å². The molecule has 1 aliphatic heterocycles. The van der Waals surface area contributed by atoms with E-state index in [1.165, 1.54) is 34.9 Å². The van der Waals surface area contributed by atoms with E-state index in [-0.39, 0.29) is 17.5 Å². The molecule has 1 heterocycles. The molecule has 1 aromatic rings. The second kappa shape index (κ2) is 6.13. The Bertz CT molecular complexity index is 592. The molecule has 0 saturated carbocycles. The number of aliphatic carboxylic acids is 1. The van der Waals surface area contributed by atoms with Gasteiger partial charge < -0.3 is 10.0 Å². The Morgan fingerprint density at radius 1 is 1.48 bits per heavy atom. The molecule has 2 unspecified atom stereocenters. The second-order valence-corrected chi connectivity index (χ2v) is 6.00. The first kappa shape index (κ1) is 15.3. The molecule has 1 fully saturated rings. The average Bonchev–Trinajstić information content (AvgIpc) is 2.81. The number of para-hydroxylation sites is 1. The molecule has 0 radical (unpaired) electrons. The van der Waals surface area contributed by atoms with E-state index < -0.39 is 22.8 Å². The van der Waals surface area contributed by atoms with Gasteiger partial charge >= 0.3 is 5.97 Å². The Kier molecular flexibility index (Phi) is 4.46. The lowest BCUT2D eigenvalue weighted by atomic mass is 10.1. The molecule has 1 aromatic carbocycles. The normalized spacial score (nSPS) is 21.3. The molecular formula is C13H14N2O5S. The standard InChI is InChI=1S/C13H14N2O5S/c1-8-14(11(7-21-8)13(17)18)12(16)6-9-4-2-3-5-10(9)15(19)20/h2-5,8,11H,6-7H2,1H3,(H,17,18). The molecular weight excluding hydrogens is 296 g/mol. The van der Waals surface area contributed by atoms with Crippen molar-refractivity contribution in [3.05, 3.63) is 39.9 Å². The maximum absolute atomic E-state index is 12.3. The van der Waals surface area contributed by atoms with Gasteiger partial charge in [0.1, 0.15) is 6.04 Å². The summed E-state index contributed by atoms with van der Waals surface area (Å²) in [6, 6.07) is 5.12. The Hall–Kier alpha value is -2.09. The number of hydrogen-bond donors (Lipinski definition) is 1. The third kappa shape index (κ3) is 3.15. The minimum absolute atomic E-state index is 0.128. The lowest BCUT2D eigenvalue weighted by Gasteiger charge is -2.25. The van der Waals surface area contributed by atoms with E-state index in [0.29, 0.717) is 11.3 Å². The molecule has 2 rings (SSSR count). The van der Waals surface area contributed by atoms with Crippen LogP contribution >= 0.6 is 11.8 Å². The van der Waals surface area contributed by atoms with Crippen LogP contribution in [-0.4, -0.2) is 44.0 Å². The van der Waals surface area contributed by atoms with Crippen LogP contribution in [0.1, 0.15) is 12.5 Å². The lowest BCUT2D eigenvalue weighted by Crippen LogP contribution is -2.45. The number of carboxylic acids is 1. The number of nitrogens with zero attached hydrogens (tertiary/aromatic N) is 2. The Labute approximate surface area is 125 Å². The largest absolute Gasteiger partial charge is 0.480 e. The summed E-state index contributed by atoms with van der Waals surface area (Å²) in [5.41, 5.74) is 0.165. The minimum Gasteiger partial charge on any atom is -0.480 e. The highest BCUT2D eigenvalue weighted by atomic mass is 32.2.